The number of nitrogens with two attached hydrogens (primary N) is 1. The van der Waals surface area contributed by atoms with Crippen LogP contribution in [0.5, 0.6) is 0 Å². The van der Waals surface area contributed by atoms with E-state index in [4.69, 9.17) is 5.73 Å². The van der Waals surface area contributed by atoms with E-state index in [2.05, 4.69) is 15.0 Å². The molecule has 0 saturated carbocycles. The van der Waals surface area contributed by atoms with Gasteiger partial charge in [0.15, 0.2) is 6.04 Å². The fourth-order valence-electron chi connectivity index (χ4n) is 1.32. The van der Waals surface area contributed by atoms with Gasteiger partial charge in [-0.25, -0.2) is 4.79 Å². The average molecular weight is 251 g/mol. The van der Waals surface area contributed by atoms with Crippen LogP contribution < -0.4 is 11.1 Å². The van der Waals surface area contributed by atoms with Crippen molar-refractivity contribution in [2.45, 2.75) is 26.4 Å². The highest BCUT2D eigenvalue weighted by Gasteiger charge is 2.22. The predicted octanol–water partition coefficient (Wildman–Crippen LogP) is -0.103. The number of carbonyl (C=O) groups is 2. The summed E-state index contributed by atoms with van der Waals surface area (Å²) < 4.78 is 4.66. The fraction of sp³-hybridized carbons (Fsp3) is 0.417. The van der Waals surface area contributed by atoms with Crippen LogP contribution >= 0.6 is 0 Å². The number of esters is 1. The van der Waals surface area contributed by atoms with Crippen molar-refractivity contribution in [3.63, 3.8) is 0 Å². The highest BCUT2D eigenvalue weighted by molar-refractivity contribution is 6.01. The zero-order valence-electron chi connectivity index (χ0n) is 10.5. The first-order valence-electron chi connectivity index (χ1n) is 5.67. The normalized spacial score (nSPS) is 11.7. The Morgan fingerprint density at radius 3 is 2.83 bits per heavy atom. The van der Waals surface area contributed by atoms with E-state index in [-0.39, 0.29) is 13.2 Å². The predicted molar refractivity (Wildman–Crippen MR) is 65.4 cm³/mol. The van der Waals surface area contributed by atoms with Crippen molar-refractivity contribution in [1.29, 1.82) is 0 Å². The zero-order chi connectivity index (χ0) is 13.5. The second-order valence-corrected chi connectivity index (χ2v) is 3.72. The van der Waals surface area contributed by atoms with Crippen molar-refractivity contribution < 1.29 is 14.3 Å². The van der Waals surface area contributed by atoms with Crippen LogP contribution in [-0.2, 0) is 20.9 Å². The minimum absolute atomic E-state index is 0.194. The SMILES string of the molecule is CCOC(=O)C(N)C(=O)NCc1cccc(C)n1. The van der Waals surface area contributed by atoms with Gasteiger partial charge >= 0.3 is 5.97 Å². The molecule has 1 rings (SSSR count). The molecule has 0 aliphatic rings. The van der Waals surface area contributed by atoms with Gasteiger partial charge in [0.05, 0.1) is 18.8 Å². The van der Waals surface area contributed by atoms with E-state index in [1.807, 2.05) is 19.1 Å². The lowest BCUT2D eigenvalue weighted by atomic mass is 10.2. The molecule has 18 heavy (non-hydrogen) atoms. The van der Waals surface area contributed by atoms with Crippen molar-refractivity contribution in [3.8, 4) is 0 Å². The van der Waals surface area contributed by atoms with Crippen molar-refractivity contribution in [2.75, 3.05) is 6.61 Å². The summed E-state index contributed by atoms with van der Waals surface area (Å²) in [6.07, 6.45) is 0. The van der Waals surface area contributed by atoms with Crippen molar-refractivity contribution in [2.24, 2.45) is 5.73 Å². The number of aromatic nitrogens is 1. The first kappa shape index (κ1) is 14.1. The molecule has 98 valence electrons. The number of amides is 1. The minimum atomic E-state index is -1.30. The van der Waals surface area contributed by atoms with Crippen molar-refractivity contribution in [1.82, 2.24) is 10.3 Å². The van der Waals surface area contributed by atoms with Gasteiger partial charge < -0.3 is 15.8 Å². The van der Waals surface area contributed by atoms with E-state index < -0.39 is 17.9 Å². The molecular weight excluding hydrogens is 234 g/mol. The van der Waals surface area contributed by atoms with E-state index in [1.165, 1.54) is 0 Å². The molecule has 1 unspecified atom stereocenters. The quantitative estimate of drug-likeness (QED) is 0.563. The first-order valence-corrected chi connectivity index (χ1v) is 5.67. The number of nitrogens with zero attached hydrogens (tertiary/aromatic N) is 1. The van der Waals surface area contributed by atoms with Crippen LogP contribution in [0.15, 0.2) is 18.2 Å². The summed E-state index contributed by atoms with van der Waals surface area (Å²) in [5.74, 6) is -1.30. The van der Waals surface area contributed by atoms with Crippen LogP contribution in [0.3, 0.4) is 0 Å². The van der Waals surface area contributed by atoms with Crippen molar-refractivity contribution >= 4 is 11.9 Å². The van der Waals surface area contributed by atoms with Gasteiger partial charge in [-0.05, 0) is 26.0 Å². The summed E-state index contributed by atoms with van der Waals surface area (Å²) in [6, 6.07) is 4.18. The third kappa shape index (κ3) is 4.14. The second-order valence-electron chi connectivity index (χ2n) is 3.72. The van der Waals surface area contributed by atoms with Crippen LogP contribution in [0.25, 0.3) is 0 Å². The number of hydrogen-bond donors (Lipinski definition) is 2. The molecular formula is C12H17N3O3. The van der Waals surface area contributed by atoms with Crippen LogP contribution in [-0.4, -0.2) is 29.5 Å². The van der Waals surface area contributed by atoms with E-state index in [9.17, 15) is 9.59 Å². The largest absolute Gasteiger partial charge is 0.464 e. The lowest BCUT2D eigenvalue weighted by Crippen LogP contribution is -2.46. The number of hydrogen-bond acceptors (Lipinski definition) is 5. The Bertz CT molecular complexity index is 434. The van der Waals surface area contributed by atoms with E-state index in [0.29, 0.717) is 5.69 Å². The molecule has 3 N–H and O–H groups in total. The number of nitrogens with one attached hydrogen (secondary N) is 1. The second kappa shape index (κ2) is 6.70. The molecule has 1 aromatic heterocycles. The summed E-state index contributed by atoms with van der Waals surface area (Å²) in [4.78, 5) is 27.0. The maximum atomic E-state index is 11.6. The number of pyridine rings is 1. The lowest BCUT2D eigenvalue weighted by Gasteiger charge is -2.11. The highest BCUT2D eigenvalue weighted by Crippen LogP contribution is 1.97. The minimum Gasteiger partial charge on any atom is -0.464 e. The van der Waals surface area contributed by atoms with Gasteiger partial charge in [-0.15, -0.1) is 0 Å². The molecule has 0 aliphatic heterocycles. The van der Waals surface area contributed by atoms with E-state index >= 15 is 0 Å². The monoisotopic (exact) mass is 251 g/mol. The number of carbonyl (C=O) groups excluding carboxylic acids is 2. The Hall–Kier alpha value is -1.95. The number of ether oxygens (including phenoxy) is 1. The number of aryl methyl sites for hydroxylation is 1. The van der Waals surface area contributed by atoms with Gasteiger partial charge in [0, 0.05) is 5.69 Å². The van der Waals surface area contributed by atoms with Gasteiger partial charge in [0.1, 0.15) is 0 Å². The Morgan fingerprint density at radius 2 is 2.22 bits per heavy atom. The third-order valence-electron chi connectivity index (χ3n) is 2.21. The van der Waals surface area contributed by atoms with E-state index in [0.717, 1.165) is 5.69 Å². The van der Waals surface area contributed by atoms with Crippen LogP contribution in [0, 0.1) is 6.92 Å². The molecule has 1 aromatic rings. The molecule has 6 heteroatoms. The van der Waals surface area contributed by atoms with Gasteiger partial charge in [0.2, 0.25) is 5.91 Å². The summed E-state index contributed by atoms with van der Waals surface area (Å²) in [7, 11) is 0. The Morgan fingerprint density at radius 1 is 1.50 bits per heavy atom. The molecule has 0 aliphatic carbocycles. The summed E-state index contributed by atoms with van der Waals surface area (Å²) in [6.45, 7) is 3.93. The maximum Gasteiger partial charge on any atom is 0.332 e. The topological polar surface area (TPSA) is 94.3 Å². The fourth-order valence-corrected chi connectivity index (χ4v) is 1.32. The van der Waals surface area contributed by atoms with Gasteiger partial charge in [-0.1, -0.05) is 6.07 Å². The molecule has 0 aromatic carbocycles. The number of rotatable bonds is 5. The maximum absolute atomic E-state index is 11.6. The third-order valence-corrected chi connectivity index (χ3v) is 2.21. The Kier molecular flexibility index (Phi) is 5.26. The summed E-state index contributed by atoms with van der Waals surface area (Å²) in [5, 5.41) is 2.54. The molecule has 0 bridgehead atoms. The molecule has 0 saturated heterocycles. The van der Waals surface area contributed by atoms with Crippen molar-refractivity contribution in [3.05, 3.63) is 29.6 Å². The van der Waals surface area contributed by atoms with E-state index in [1.54, 1.807) is 13.0 Å². The Balaban J connectivity index is 2.48. The molecule has 0 spiro atoms. The van der Waals surface area contributed by atoms with Crippen LogP contribution in [0.4, 0.5) is 0 Å². The van der Waals surface area contributed by atoms with Gasteiger partial charge in [0.25, 0.3) is 0 Å². The lowest BCUT2D eigenvalue weighted by molar-refractivity contribution is -0.148. The van der Waals surface area contributed by atoms with Gasteiger partial charge in [-0.3, -0.25) is 9.78 Å². The molecule has 1 amide bonds. The standard InChI is InChI=1S/C12H17N3O3/c1-3-18-12(17)10(13)11(16)14-7-9-6-4-5-8(2)15-9/h4-6,10H,3,7,13H2,1-2H3,(H,14,16). The van der Waals surface area contributed by atoms with Gasteiger partial charge in [-0.2, -0.15) is 0 Å². The molecule has 0 radical (unpaired) electrons. The summed E-state index contributed by atoms with van der Waals surface area (Å²) >= 11 is 0. The van der Waals surface area contributed by atoms with Crippen LogP contribution in [0.2, 0.25) is 0 Å². The molecule has 0 fully saturated rings. The molecule has 6 nitrogen and oxygen atoms in total. The Labute approximate surface area is 106 Å². The summed E-state index contributed by atoms with van der Waals surface area (Å²) in [5.41, 5.74) is 7.00. The zero-order valence-corrected chi connectivity index (χ0v) is 10.5. The first-order chi connectivity index (χ1) is 8.54. The molecule has 1 atom stereocenters. The smallest absolute Gasteiger partial charge is 0.332 e. The molecule has 1 heterocycles. The highest BCUT2D eigenvalue weighted by atomic mass is 16.5. The average Bonchev–Trinajstić information content (AvgIpc) is 2.35. The van der Waals surface area contributed by atoms with Crippen LogP contribution in [0.1, 0.15) is 18.3 Å².